The molecule has 1 unspecified atom stereocenters. The Morgan fingerprint density at radius 3 is 2.57 bits per heavy atom. The Kier molecular flexibility index (Phi) is 6.40. The van der Waals surface area contributed by atoms with Gasteiger partial charge in [0.15, 0.2) is 0 Å². The van der Waals surface area contributed by atoms with Gasteiger partial charge in [-0.25, -0.2) is 4.39 Å². The van der Waals surface area contributed by atoms with Gasteiger partial charge in [0.05, 0.1) is 0 Å². The number of thiophene rings is 1. The van der Waals surface area contributed by atoms with Gasteiger partial charge in [0.2, 0.25) is 0 Å². The minimum absolute atomic E-state index is 0.142. The summed E-state index contributed by atoms with van der Waals surface area (Å²) in [6, 6.07) is 9.17. The first-order chi connectivity index (χ1) is 10.1. The maximum absolute atomic E-state index is 13.3. The van der Waals surface area contributed by atoms with E-state index in [1.54, 1.807) is 23.5 Å². The van der Waals surface area contributed by atoms with Crippen LogP contribution in [0, 0.1) is 17.7 Å². The molecule has 2 aromatic rings. The molecular weight excluding hydrogens is 281 g/mol. The smallest absolute Gasteiger partial charge is 0.123 e. The lowest BCUT2D eigenvalue weighted by atomic mass is 9.93. The standard InChI is InChI=1S/C18H24FNS/c1-14(2)11-20-12-17(9-16-6-7-21-13-16)8-15-4-3-5-18(19)10-15/h3-7,10,13-14,17,20H,8-9,11-12H2,1-2H3. The molecule has 0 aliphatic rings. The Bertz CT molecular complexity index is 522. The van der Waals surface area contributed by atoms with Crippen molar-refractivity contribution in [3.63, 3.8) is 0 Å². The predicted molar refractivity (Wildman–Crippen MR) is 89.3 cm³/mol. The van der Waals surface area contributed by atoms with Gasteiger partial charge in [-0.15, -0.1) is 0 Å². The fraction of sp³-hybridized carbons (Fsp3) is 0.444. The molecule has 0 aliphatic carbocycles. The first-order valence-corrected chi connectivity index (χ1v) is 8.54. The zero-order valence-corrected chi connectivity index (χ0v) is 13.6. The minimum atomic E-state index is -0.142. The highest BCUT2D eigenvalue weighted by molar-refractivity contribution is 7.07. The average Bonchev–Trinajstić information content (AvgIpc) is 2.91. The molecule has 1 heterocycles. The molecule has 1 atom stereocenters. The molecule has 1 N–H and O–H groups in total. The van der Waals surface area contributed by atoms with Crippen LogP contribution in [0.5, 0.6) is 0 Å². The third-order valence-corrected chi connectivity index (χ3v) is 4.24. The van der Waals surface area contributed by atoms with Gasteiger partial charge in [-0.05, 0) is 77.9 Å². The van der Waals surface area contributed by atoms with E-state index in [-0.39, 0.29) is 5.82 Å². The van der Waals surface area contributed by atoms with Crippen molar-refractivity contribution in [3.8, 4) is 0 Å². The van der Waals surface area contributed by atoms with Crippen LogP contribution in [0.3, 0.4) is 0 Å². The van der Waals surface area contributed by atoms with Crippen LogP contribution in [-0.4, -0.2) is 13.1 Å². The predicted octanol–water partition coefficient (Wildman–Crippen LogP) is 4.53. The monoisotopic (exact) mass is 305 g/mol. The second-order valence-corrected chi connectivity index (χ2v) is 6.87. The second kappa shape index (κ2) is 8.30. The van der Waals surface area contributed by atoms with E-state index in [1.807, 2.05) is 6.07 Å². The minimum Gasteiger partial charge on any atom is -0.316 e. The molecule has 0 bridgehead atoms. The number of hydrogen-bond acceptors (Lipinski definition) is 2. The topological polar surface area (TPSA) is 12.0 Å². The van der Waals surface area contributed by atoms with E-state index in [9.17, 15) is 4.39 Å². The van der Waals surface area contributed by atoms with E-state index >= 15 is 0 Å². The highest BCUT2D eigenvalue weighted by Crippen LogP contribution is 2.17. The third kappa shape index (κ3) is 5.98. The molecule has 0 saturated carbocycles. The van der Waals surface area contributed by atoms with Crippen LogP contribution in [0.1, 0.15) is 25.0 Å². The number of hydrogen-bond donors (Lipinski definition) is 1. The summed E-state index contributed by atoms with van der Waals surface area (Å²) in [6.45, 7) is 6.44. The number of nitrogens with one attached hydrogen (secondary N) is 1. The molecule has 1 nitrogen and oxygen atoms in total. The summed E-state index contributed by atoms with van der Waals surface area (Å²) in [7, 11) is 0. The Labute approximate surface area is 131 Å². The van der Waals surface area contributed by atoms with Crippen LogP contribution in [-0.2, 0) is 12.8 Å². The fourth-order valence-corrected chi connectivity index (χ4v) is 3.21. The Hall–Kier alpha value is -1.19. The first kappa shape index (κ1) is 16.2. The van der Waals surface area contributed by atoms with Crippen molar-refractivity contribution >= 4 is 11.3 Å². The quantitative estimate of drug-likeness (QED) is 0.755. The summed E-state index contributed by atoms with van der Waals surface area (Å²) in [4.78, 5) is 0. The van der Waals surface area contributed by atoms with Crippen molar-refractivity contribution in [1.82, 2.24) is 5.32 Å². The average molecular weight is 305 g/mol. The molecule has 1 aromatic carbocycles. The molecular formula is C18H24FNS. The normalized spacial score (nSPS) is 12.8. The molecule has 0 aliphatic heterocycles. The molecule has 0 fully saturated rings. The van der Waals surface area contributed by atoms with E-state index in [4.69, 9.17) is 0 Å². The van der Waals surface area contributed by atoms with Crippen LogP contribution in [0.4, 0.5) is 4.39 Å². The van der Waals surface area contributed by atoms with Crippen molar-refractivity contribution in [3.05, 3.63) is 58.0 Å². The third-order valence-electron chi connectivity index (χ3n) is 3.50. The van der Waals surface area contributed by atoms with Gasteiger partial charge in [-0.1, -0.05) is 26.0 Å². The summed E-state index contributed by atoms with van der Waals surface area (Å²) in [6.07, 6.45) is 1.96. The highest BCUT2D eigenvalue weighted by atomic mass is 32.1. The molecule has 0 saturated heterocycles. The molecule has 0 radical (unpaired) electrons. The summed E-state index contributed by atoms with van der Waals surface area (Å²) < 4.78 is 13.3. The second-order valence-electron chi connectivity index (χ2n) is 6.09. The van der Waals surface area contributed by atoms with Crippen molar-refractivity contribution in [2.24, 2.45) is 11.8 Å². The molecule has 114 valence electrons. The largest absolute Gasteiger partial charge is 0.316 e. The lowest BCUT2D eigenvalue weighted by Crippen LogP contribution is -2.28. The summed E-state index contributed by atoms with van der Waals surface area (Å²) in [5.41, 5.74) is 2.47. The lowest BCUT2D eigenvalue weighted by molar-refractivity contribution is 0.445. The van der Waals surface area contributed by atoms with Gasteiger partial charge in [0.1, 0.15) is 5.82 Å². The van der Waals surface area contributed by atoms with Gasteiger partial charge >= 0.3 is 0 Å². The first-order valence-electron chi connectivity index (χ1n) is 7.59. The Balaban J connectivity index is 1.96. The summed E-state index contributed by atoms with van der Waals surface area (Å²) in [5, 5.41) is 7.87. The molecule has 1 aromatic heterocycles. The van der Waals surface area contributed by atoms with E-state index in [1.165, 1.54) is 11.6 Å². The van der Waals surface area contributed by atoms with E-state index < -0.39 is 0 Å². The van der Waals surface area contributed by atoms with Crippen LogP contribution >= 0.6 is 11.3 Å². The van der Waals surface area contributed by atoms with Crippen LogP contribution in [0.25, 0.3) is 0 Å². The number of halogens is 1. The van der Waals surface area contributed by atoms with Crippen LogP contribution in [0.15, 0.2) is 41.1 Å². The zero-order chi connectivity index (χ0) is 15.1. The van der Waals surface area contributed by atoms with Crippen molar-refractivity contribution < 1.29 is 4.39 Å². The SMILES string of the molecule is CC(C)CNCC(Cc1ccsc1)Cc1cccc(F)c1. The molecule has 3 heteroatoms. The zero-order valence-electron chi connectivity index (χ0n) is 12.8. The van der Waals surface area contributed by atoms with Gasteiger partial charge in [-0.3, -0.25) is 0 Å². The molecule has 0 amide bonds. The van der Waals surface area contributed by atoms with E-state index in [2.05, 4.69) is 36.0 Å². The summed E-state index contributed by atoms with van der Waals surface area (Å²) in [5.74, 6) is 1.01. The number of rotatable bonds is 8. The fourth-order valence-electron chi connectivity index (χ4n) is 2.53. The van der Waals surface area contributed by atoms with Crippen molar-refractivity contribution in [2.45, 2.75) is 26.7 Å². The maximum atomic E-state index is 13.3. The molecule has 0 spiro atoms. The van der Waals surface area contributed by atoms with Crippen molar-refractivity contribution in [1.29, 1.82) is 0 Å². The van der Waals surface area contributed by atoms with Crippen LogP contribution < -0.4 is 5.32 Å². The molecule has 2 rings (SSSR count). The molecule has 21 heavy (non-hydrogen) atoms. The van der Waals surface area contributed by atoms with Gasteiger partial charge in [0.25, 0.3) is 0 Å². The maximum Gasteiger partial charge on any atom is 0.123 e. The highest BCUT2D eigenvalue weighted by Gasteiger charge is 2.12. The van der Waals surface area contributed by atoms with E-state index in [0.717, 1.165) is 31.5 Å². The summed E-state index contributed by atoms with van der Waals surface area (Å²) >= 11 is 1.74. The lowest BCUT2D eigenvalue weighted by Gasteiger charge is -2.18. The van der Waals surface area contributed by atoms with Crippen molar-refractivity contribution in [2.75, 3.05) is 13.1 Å². The number of benzene rings is 1. The Morgan fingerprint density at radius 1 is 1.10 bits per heavy atom. The van der Waals surface area contributed by atoms with Crippen LogP contribution in [0.2, 0.25) is 0 Å². The van der Waals surface area contributed by atoms with Gasteiger partial charge < -0.3 is 5.32 Å². The van der Waals surface area contributed by atoms with E-state index in [0.29, 0.717) is 11.8 Å². The van der Waals surface area contributed by atoms with Gasteiger partial charge in [-0.2, -0.15) is 11.3 Å². The van der Waals surface area contributed by atoms with Gasteiger partial charge in [0, 0.05) is 0 Å². The Morgan fingerprint density at radius 2 is 1.90 bits per heavy atom.